The summed E-state index contributed by atoms with van der Waals surface area (Å²) in [6, 6.07) is 20.9. The van der Waals surface area contributed by atoms with Crippen LogP contribution in [-0.2, 0) is 10.0 Å². The molecule has 1 heterocycles. The number of imidazole rings is 1. The number of nitrogens with zero attached hydrogens (tertiary/aromatic N) is 2. The van der Waals surface area contributed by atoms with E-state index in [4.69, 9.17) is 0 Å². The van der Waals surface area contributed by atoms with Crippen LogP contribution in [0.1, 0.15) is 24.2 Å². The molecule has 0 aliphatic heterocycles. The molecule has 0 aliphatic rings. The van der Waals surface area contributed by atoms with Crippen molar-refractivity contribution in [1.82, 2.24) is 14.3 Å². The van der Waals surface area contributed by atoms with Gasteiger partial charge in [0.1, 0.15) is 6.33 Å². The highest BCUT2D eigenvalue weighted by Crippen LogP contribution is 2.20. The summed E-state index contributed by atoms with van der Waals surface area (Å²) in [4.78, 5) is 17.1. The van der Waals surface area contributed by atoms with Crippen molar-refractivity contribution in [2.45, 2.75) is 24.8 Å². The minimum atomic E-state index is -3.59. The van der Waals surface area contributed by atoms with Gasteiger partial charge in [-0.2, -0.15) is 0 Å². The van der Waals surface area contributed by atoms with Crippen LogP contribution < -0.4 is 10.0 Å². The molecule has 1 amide bonds. The van der Waals surface area contributed by atoms with Crippen LogP contribution in [0.2, 0.25) is 0 Å². The van der Waals surface area contributed by atoms with Crippen LogP contribution in [0.4, 0.5) is 5.69 Å². The fourth-order valence-corrected chi connectivity index (χ4v) is 4.49. The number of amides is 1. The van der Waals surface area contributed by atoms with Crippen molar-refractivity contribution < 1.29 is 13.2 Å². The molecule has 7 nitrogen and oxygen atoms in total. The second-order valence-corrected chi connectivity index (χ2v) is 9.12. The average molecular weight is 435 g/mol. The summed E-state index contributed by atoms with van der Waals surface area (Å²) < 4.78 is 28.9. The lowest BCUT2D eigenvalue weighted by molar-refractivity contribution is 0.102. The molecular formula is C23H22N4O3S. The highest BCUT2D eigenvalue weighted by molar-refractivity contribution is 7.89. The Kier molecular flexibility index (Phi) is 5.58. The first-order valence-corrected chi connectivity index (χ1v) is 11.3. The summed E-state index contributed by atoms with van der Waals surface area (Å²) in [6.45, 7) is 3.50. The Morgan fingerprint density at radius 2 is 1.61 bits per heavy atom. The highest BCUT2D eigenvalue weighted by atomic mass is 32.2. The number of rotatable bonds is 6. The van der Waals surface area contributed by atoms with Gasteiger partial charge in [-0.1, -0.05) is 12.1 Å². The van der Waals surface area contributed by atoms with E-state index in [2.05, 4.69) is 15.0 Å². The van der Waals surface area contributed by atoms with Crippen LogP contribution >= 0.6 is 0 Å². The zero-order chi connectivity index (χ0) is 22.0. The summed E-state index contributed by atoms with van der Waals surface area (Å²) in [5.41, 5.74) is 3.85. The zero-order valence-electron chi connectivity index (χ0n) is 17.1. The molecule has 4 aromatic rings. The molecule has 4 rings (SSSR count). The number of aromatic nitrogens is 2. The minimum Gasteiger partial charge on any atom is -0.322 e. The zero-order valence-corrected chi connectivity index (χ0v) is 17.9. The summed E-state index contributed by atoms with van der Waals surface area (Å²) >= 11 is 0. The number of hydrogen-bond donors (Lipinski definition) is 2. The number of para-hydroxylation sites is 2. The molecule has 0 saturated heterocycles. The van der Waals surface area contributed by atoms with Gasteiger partial charge < -0.3 is 5.32 Å². The van der Waals surface area contributed by atoms with Gasteiger partial charge in [0.2, 0.25) is 10.0 Å². The number of benzene rings is 3. The van der Waals surface area contributed by atoms with E-state index in [0.29, 0.717) is 11.3 Å². The van der Waals surface area contributed by atoms with Crippen molar-refractivity contribution in [2.24, 2.45) is 0 Å². The van der Waals surface area contributed by atoms with Crippen LogP contribution in [0, 0.1) is 0 Å². The predicted molar refractivity (Wildman–Crippen MR) is 121 cm³/mol. The number of sulfonamides is 1. The molecule has 8 heteroatoms. The van der Waals surface area contributed by atoms with Gasteiger partial charge >= 0.3 is 0 Å². The third-order valence-electron chi connectivity index (χ3n) is 4.67. The predicted octanol–water partition coefficient (Wildman–Crippen LogP) is 3.96. The van der Waals surface area contributed by atoms with Gasteiger partial charge in [0, 0.05) is 23.0 Å². The Morgan fingerprint density at radius 3 is 2.29 bits per heavy atom. The van der Waals surface area contributed by atoms with E-state index in [1.165, 1.54) is 24.3 Å². The Hall–Kier alpha value is -3.49. The van der Waals surface area contributed by atoms with Gasteiger partial charge in [-0.3, -0.25) is 9.36 Å². The van der Waals surface area contributed by atoms with E-state index < -0.39 is 10.0 Å². The summed E-state index contributed by atoms with van der Waals surface area (Å²) in [5, 5.41) is 2.83. The third-order valence-corrected chi connectivity index (χ3v) is 6.35. The average Bonchev–Trinajstić information content (AvgIpc) is 3.18. The molecule has 0 atom stereocenters. The van der Waals surface area contributed by atoms with Gasteiger partial charge in [-0.15, -0.1) is 0 Å². The molecule has 0 bridgehead atoms. The summed E-state index contributed by atoms with van der Waals surface area (Å²) in [5.74, 6) is -0.318. The fraction of sp³-hybridized carbons (Fsp3) is 0.130. The molecule has 0 radical (unpaired) electrons. The molecule has 3 aromatic carbocycles. The van der Waals surface area contributed by atoms with Crippen molar-refractivity contribution in [1.29, 1.82) is 0 Å². The number of hydrogen-bond acceptors (Lipinski definition) is 4. The van der Waals surface area contributed by atoms with Gasteiger partial charge in [0.05, 0.1) is 15.9 Å². The van der Waals surface area contributed by atoms with Gasteiger partial charge in [-0.05, 0) is 74.5 Å². The first-order chi connectivity index (χ1) is 14.8. The molecule has 2 N–H and O–H groups in total. The van der Waals surface area contributed by atoms with Crippen molar-refractivity contribution in [3.8, 4) is 5.69 Å². The van der Waals surface area contributed by atoms with Gasteiger partial charge in [0.15, 0.2) is 0 Å². The first-order valence-electron chi connectivity index (χ1n) is 9.80. The van der Waals surface area contributed by atoms with E-state index in [-0.39, 0.29) is 16.8 Å². The lowest BCUT2D eigenvalue weighted by Crippen LogP contribution is -2.30. The van der Waals surface area contributed by atoms with E-state index in [1.807, 2.05) is 53.1 Å². The second kappa shape index (κ2) is 8.33. The van der Waals surface area contributed by atoms with E-state index in [9.17, 15) is 13.2 Å². The van der Waals surface area contributed by atoms with Crippen LogP contribution in [0.5, 0.6) is 0 Å². The number of anilines is 1. The van der Waals surface area contributed by atoms with E-state index in [1.54, 1.807) is 20.2 Å². The smallest absolute Gasteiger partial charge is 0.255 e. The molecule has 0 saturated carbocycles. The Balaban J connectivity index is 1.48. The number of carbonyl (C=O) groups is 1. The van der Waals surface area contributed by atoms with Crippen LogP contribution in [0.15, 0.2) is 84.0 Å². The number of fused-ring (bicyclic) bond motifs is 1. The summed E-state index contributed by atoms with van der Waals surface area (Å²) in [7, 11) is -3.59. The SMILES string of the molecule is CC(C)NS(=O)(=O)c1ccc(C(=O)Nc2ccc(-n3cnc4ccccc43)cc2)cc1. The van der Waals surface area contributed by atoms with Crippen LogP contribution in [0.3, 0.4) is 0 Å². The lowest BCUT2D eigenvalue weighted by atomic mass is 10.2. The standard InChI is InChI=1S/C23H22N4O3S/c1-16(2)26-31(29,30)20-13-7-17(8-14-20)23(28)25-18-9-11-19(12-10-18)27-15-24-21-5-3-4-6-22(21)27/h3-16,26H,1-2H3,(H,25,28). The maximum Gasteiger partial charge on any atom is 0.255 e. The largest absolute Gasteiger partial charge is 0.322 e. The second-order valence-electron chi connectivity index (χ2n) is 7.40. The Labute approximate surface area is 180 Å². The molecule has 0 unspecified atom stereocenters. The maximum atomic E-state index is 12.5. The molecule has 1 aromatic heterocycles. The van der Waals surface area contributed by atoms with Crippen molar-refractivity contribution in [3.05, 3.63) is 84.7 Å². The quantitative estimate of drug-likeness (QED) is 0.480. The topological polar surface area (TPSA) is 93.1 Å². The van der Waals surface area contributed by atoms with E-state index in [0.717, 1.165) is 16.7 Å². The van der Waals surface area contributed by atoms with Crippen molar-refractivity contribution in [2.75, 3.05) is 5.32 Å². The number of carbonyl (C=O) groups excluding carboxylic acids is 1. The highest BCUT2D eigenvalue weighted by Gasteiger charge is 2.16. The maximum absolute atomic E-state index is 12.5. The minimum absolute atomic E-state index is 0.120. The number of nitrogens with one attached hydrogen (secondary N) is 2. The molecule has 0 spiro atoms. The summed E-state index contributed by atoms with van der Waals surface area (Å²) in [6.07, 6.45) is 1.77. The van der Waals surface area contributed by atoms with Gasteiger partial charge in [-0.25, -0.2) is 18.1 Å². The van der Waals surface area contributed by atoms with Crippen LogP contribution in [0.25, 0.3) is 16.7 Å². The Morgan fingerprint density at radius 1 is 0.935 bits per heavy atom. The monoisotopic (exact) mass is 434 g/mol. The van der Waals surface area contributed by atoms with Gasteiger partial charge in [0.25, 0.3) is 5.91 Å². The normalized spacial score (nSPS) is 11.7. The van der Waals surface area contributed by atoms with Crippen LogP contribution in [-0.4, -0.2) is 29.9 Å². The lowest BCUT2D eigenvalue weighted by Gasteiger charge is -2.10. The molecule has 0 aliphatic carbocycles. The molecule has 0 fully saturated rings. The van der Waals surface area contributed by atoms with Crippen molar-refractivity contribution in [3.63, 3.8) is 0 Å². The Bertz CT molecular complexity index is 1330. The first kappa shape index (κ1) is 20.8. The molecule has 31 heavy (non-hydrogen) atoms. The molecular weight excluding hydrogens is 412 g/mol. The van der Waals surface area contributed by atoms with E-state index >= 15 is 0 Å². The van der Waals surface area contributed by atoms with Crippen molar-refractivity contribution >= 4 is 32.7 Å². The fourth-order valence-electron chi connectivity index (χ4n) is 3.24. The molecule has 158 valence electrons. The third kappa shape index (κ3) is 4.50.